The second-order valence-corrected chi connectivity index (χ2v) is 7.89. The van der Waals surface area contributed by atoms with Crippen LogP contribution in [0.1, 0.15) is 21.5 Å². The van der Waals surface area contributed by atoms with Crippen molar-refractivity contribution in [2.24, 2.45) is 0 Å². The molecule has 0 bridgehead atoms. The molecule has 0 radical (unpaired) electrons. The van der Waals surface area contributed by atoms with Crippen LogP contribution in [0.2, 0.25) is 0 Å². The molecule has 5 aromatic rings. The smallest absolute Gasteiger partial charge is 0.344 e. The molecule has 0 aliphatic rings. The van der Waals surface area contributed by atoms with Gasteiger partial charge in [-0.25, -0.2) is 23.1 Å². The summed E-state index contributed by atoms with van der Waals surface area (Å²) in [5.41, 5.74) is 0.825. The zero-order valence-corrected chi connectivity index (χ0v) is 19.6. The van der Waals surface area contributed by atoms with Gasteiger partial charge in [-0.2, -0.15) is 5.26 Å². The van der Waals surface area contributed by atoms with Gasteiger partial charge in [0.05, 0.1) is 5.69 Å². The topological polar surface area (TPSA) is 114 Å². The Morgan fingerprint density at radius 3 is 2.50 bits per heavy atom. The van der Waals surface area contributed by atoms with Crippen LogP contribution in [0.5, 0.6) is 11.5 Å². The molecular formula is C27H18F2N6O3. The van der Waals surface area contributed by atoms with Crippen molar-refractivity contribution in [1.82, 2.24) is 19.6 Å². The molecule has 0 aliphatic heterocycles. The molecule has 0 aliphatic carbocycles. The maximum absolute atomic E-state index is 14.8. The Kier molecular flexibility index (Phi) is 6.86. The lowest BCUT2D eigenvalue weighted by atomic mass is 10.1. The average Bonchev–Trinajstić information content (AvgIpc) is 3.31. The fraction of sp³-hybridized carbons (Fsp3) is 0.0741. The molecule has 188 valence electrons. The van der Waals surface area contributed by atoms with E-state index < -0.39 is 18.6 Å². The highest BCUT2D eigenvalue weighted by Crippen LogP contribution is 2.30. The highest BCUT2D eigenvalue weighted by atomic mass is 19.1. The second-order valence-electron chi connectivity index (χ2n) is 7.89. The van der Waals surface area contributed by atoms with E-state index in [1.165, 1.54) is 22.7 Å². The van der Waals surface area contributed by atoms with Crippen molar-refractivity contribution in [3.8, 4) is 28.8 Å². The molecule has 0 unspecified atom stereocenters. The first-order valence-electron chi connectivity index (χ1n) is 11.3. The van der Waals surface area contributed by atoms with Crippen LogP contribution >= 0.6 is 0 Å². The van der Waals surface area contributed by atoms with Crippen molar-refractivity contribution in [2.75, 3.05) is 12.2 Å². The second kappa shape index (κ2) is 10.7. The van der Waals surface area contributed by atoms with E-state index in [0.29, 0.717) is 18.0 Å². The first-order valence-corrected chi connectivity index (χ1v) is 11.3. The number of halogens is 2. The minimum Gasteiger partial charge on any atom is -0.457 e. The molecule has 0 fully saturated rings. The lowest BCUT2D eigenvalue weighted by Crippen LogP contribution is -2.11. The number of carbonyl (C=O) groups is 1. The first kappa shape index (κ1) is 24.3. The van der Waals surface area contributed by atoms with Crippen molar-refractivity contribution in [1.29, 1.82) is 5.26 Å². The molecule has 9 nitrogen and oxygen atoms in total. The molecule has 1 N–H and O–H groups in total. The van der Waals surface area contributed by atoms with Crippen molar-refractivity contribution < 1.29 is 23.0 Å². The number of rotatable bonds is 8. The SMILES string of the molecule is N#Cc1c(NCc2ccc(Oc3ccncc3)cc2)nn2c(-c3ccccc3F)c(C(=O)OCF)cnc12. The number of nitriles is 1. The van der Waals surface area contributed by atoms with Gasteiger partial charge in [-0.3, -0.25) is 4.98 Å². The summed E-state index contributed by atoms with van der Waals surface area (Å²) >= 11 is 0. The van der Waals surface area contributed by atoms with E-state index in [0.717, 1.165) is 11.8 Å². The van der Waals surface area contributed by atoms with Crippen molar-refractivity contribution in [2.45, 2.75) is 6.54 Å². The van der Waals surface area contributed by atoms with E-state index >= 15 is 0 Å². The lowest BCUT2D eigenvalue weighted by Gasteiger charge is -2.11. The van der Waals surface area contributed by atoms with E-state index in [4.69, 9.17) is 4.74 Å². The summed E-state index contributed by atoms with van der Waals surface area (Å²) < 4.78 is 39.0. The van der Waals surface area contributed by atoms with Gasteiger partial charge in [0, 0.05) is 30.7 Å². The monoisotopic (exact) mass is 512 g/mol. The Morgan fingerprint density at radius 1 is 1.05 bits per heavy atom. The third-order valence-corrected chi connectivity index (χ3v) is 5.56. The Balaban J connectivity index is 1.47. The number of benzene rings is 2. The molecule has 0 saturated heterocycles. The van der Waals surface area contributed by atoms with Gasteiger partial charge in [0.15, 0.2) is 11.5 Å². The fourth-order valence-corrected chi connectivity index (χ4v) is 3.80. The number of hydrogen-bond donors (Lipinski definition) is 1. The number of pyridine rings is 1. The minimum atomic E-state index is -1.37. The predicted molar refractivity (Wildman–Crippen MR) is 133 cm³/mol. The maximum atomic E-state index is 14.8. The third kappa shape index (κ3) is 4.83. The average molecular weight is 512 g/mol. The van der Waals surface area contributed by atoms with E-state index in [9.17, 15) is 18.8 Å². The zero-order valence-electron chi connectivity index (χ0n) is 19.6. The van der Waals surface area contributed by atoms with Crippen LogP contribution in [0.4, 0.5) is 14.6 Å². The fourth-order valence-electron chi connectivity index (χ4n) is 3.80. The molecule has 0 saturated carbocycles. The zero-order chi connectivity index (χ0) is 26.5. The van der Waals surface area contributed by atoms with Crippen LogP contribution in [0.15, 0.2) is 79.3 Å². The minimum absolute atomic E-state index is 0.00836. The first-order chi connectivity index (χ1) is 18.6. The van der Waals surface area contributed by atoms with E-state index in [2.05, 4.69) is 31.2 Å². The van der Waals surface area contributed by atoms with E-state index in [1.807, 2.05) is 12.1 Å². The number of nitrogens with zero attached hydrogens (tertiary/aromatic N) is 5. The van der Waals surface area contributed by atoms with Crippen LogP contribution in [0.25, 0.3) is 16.9 Å². The van der Waals surface area contributed by atoms with Gasteiger partial charge in [-0.05, 0) is 42.0 Å². The molecule has 5 rings (SSSR count). The highest BCUT2D eigenvalue weighted by Gasteiger charge is 2.25. The lowest BCUT2D eigenvalue weighted by molar-refractivity contribution is 0.0324. The number of fused-ring (bicyclic) bond motifs is 1. The van der Waals surface area contributed by atoms with Gasteiger partial charge in [0.25, 0.3) is 0 Å². The summed E-state index contributed by atoms with van der Waals surface area (Å²) in [5.74, 6) is -0.227. The van der Waals surface area contributed by atoms with Gasteiger partial charge >= 0.3 is 5.97 Å². The normalized spacial score (nSPS) is 10.7. The maximum Gasteiger partial charge on any atom is 0.344 e. The summed E-state index contributed by atoms with van der Waals surface area (Å²) in [4.78, 5) is 20.6. The number of anilines is 1. The molecule has 2 aromatic carbocycles. The number of esters is 1. The molecule has 0 spiro atoms. The van der Waals surface area contributed by atoms with E-state index in [-0.39, 0.29) is 33.8 Å². The molecular weight excluding hydrogens is 494 g/mol. The van der Waals surface area contributed by atoms with Gasteiger partial charge < -0.3 is 14.8 Å². The molecule has 0 amide bonds. The quantitative estimate of drug-likeness (QED) is 0.279. The molecule has 0 atom stereocenters. The van der Waals surface area contributed by atoms with Crippen LogP contribution in [0, 0.1) is 17.1 Å². The van der Waals surface area contributed by atoms with Crippen LogP contribution in [-0.2, 0) is 11.3 Å². The van der Waals surface area contributed by atoms with Crippen LogP contribution in [-0.4, -0.2) is 32.4 Å². The summed E-state index contributed by atoms with van der Waals surface area (Å²) in [5, 5.41) is 17.3. The Hall–Kier alpha value is -5.37. The Bertz CT molecular complexity index is 1650. The number of nitrogens with one attached hydrogen (secondary N) is 1. The number of aromatic nitrogens is 4. The van der Waals surface area contributed by atoms with Gasteiger partial charge in [0.2, 0.25) is 6.86 Å². The third-order valence-electron chi connectivity index (χ3n) is 5.56. The number of hydrogen-bond acceptors (Lipinski definition) is 8. The number of carbonyl (C=O) groups excluding carboxylic acids is 1. The Morgan fingerprint density at radius 2 is 1.79 bits per heavy atom. The molecule has 3 heterocycles. The van der Waals surface area contributed by atoms with Crippen LogP contribution < -0.4 is 10.1 Å². The summed E-state index contributed by atoms with van der Waals surface area (Å²) in [6.45, 7) is -1.07. The largest absolute Gasteiger partial charge is 0.457 e. The van der Waals surface area contributed by atoms with Gasteiger partial charge in [0.1, 0.15) is 34.5 Å². The van der Waals surface area contributed by atoms with Crippen LogP contribution in [0.3, 0.4) is 0 Å². The standard InChI is InChI=1S/C27H18F2N6O3/c28-16-37-27(36)22-15-33-26-21(13-30)25(34-35(26)24(22)20-3-1-2-4-23(20)29)32-14-17-5-7-18(8-6-17)38-19-9-11-31-12-10-19/h1-12,15H,14,16H2,(H,32,34). The van der Waals surface area contributed by atoms with Gasteiger partial charge in [-0.1, -0.05) is 24.3 Å². The molecule has 38 heavy (non-hydrogen) atoms. The predicted octanol–water partition coefficient (Wildman–Crippen LogP) is 5.29. The van der Waals surface area contributed by atoms with Crippen molar-refractivity contribution in [3.05, 3.63) is 102 Å². The number of ether oxygens (including phenoxy) is 2. The summed E-state index contributed by atoms with van der Waals surface area (Å²) in [6.07, 6.45) is 4.38. The molecule has 3 aromatic heterocycles. The summed E-state index contributed by atoms with van der Waals surface area (Å²) in [6, 6.07) is 18.5. The van der Waals surface area contributed by atoms with Crippen molar-refractivity contribution >= 4 is 17.4 Å². The highest BCUT2D eigenvalue weighted by molar-refractivity contribution is 5.96. The van der Waals surface area contributed by atoms with Gasteiger partial charge in [-0.15, -0.1) is 5.10 Å². The van der Waals surface area contributed by atoms with Crippen molar-refractivity contribution in [3.63, 3.8) is 0 Å². The van der Waals surface area contributed by atoms with E-state index in [1.54, 1.807) is 42.7 Å². The molecule has 11 heteroatoms. The number of alkyl halides is 1. The summed E-state index contributed by atoms with van der Waals surface area (Å²) in [7, 11) is 0. The Labute approximate surface area is 214 Å².